The Hall–Kier alpha value is -1.58. The second kappa shape index (κ2) is 2.26. The molecular formula is C10H9FN2O. The fourth-order valence-corrected chi connectivity index (χ4v) is 1.77. The number of fused-ring (bicyclic) bond motifs is 1. The van der Waals surface area contributed by atoms with Crippen LogP contribution < -0.4 is 10.6 Å². The summed E-state index contributed by atoms with van der Waals surface area (Å²) in [6.07, 6.45) is 1.57. The third-order valence-electron chi connectivity index (χ3n) is 2.81. The van der Waals surface area contributed by atoms with Crippen molar-refractivity contribution < 1.29 is 9.18 Å². The minimum absolute atomic E-state index is 0.0457. The van der Waals surface area contributed by atoms with E-state index in [2.05, 4.69) is 10.6 Å². The molecular weight excluding hydrogens is 183 g/mol. The largest absolute Gasteiger partial charge is 0.367 e. The number of hydrogen-bond acceptors (Lipinski definition) is 2. The first-order valence-corrected chi connectivity index (χ1v) is 4.59. The summed E-state index contributed by atoms with van der Waals surface area (Å²) < 4.78 is 13.4. The van der Waals surface area contributed by atoms with Crippen LogP contribution in [0.15, 0.2) is 18.2 Å². The van der Waals surface area contributed by atoms with Crippen molar-refractivity contribution in [2.45, 2.75) is 18.4 Å². The molecule has 1 aliphatic carbocycles. The molecule has 1 aromatic rings. The van der Waals surface area contributed by atoms with E-state index in [1.165, 1.54) is 6.07 Å². The van der Waals surface area contributed by atoms with Gasteiger partial charge in [-0.15, -0.1) is 0 Å². The first-order chi connectivity index (χ1) is 6.71. The molecule has 14 heavy (non-hydrogen) atoms. The maximum atomic E-state index is 13.4. The van der Waals surface area contributed by atoms with Crippen LogP contribution >= 0.6 is 0 Å². The number of amides is 1. The minimum Gasteiger partial charge on any atom is -0.367 e. The average Bonchev–Trinajstić information content (AvgIpc) is 2.91. The summed E-state index contributed by atoms with van der Waals surface area (Å²) >= 11 is 0. The molecule has 1 aliphatic heterocycles. The van der Waals surface area contributed by atoms with Gasteiger partial charge in [-0.3, -0.25) is 4.79 Å². The molecule has 1 fully saturated rings. The maximum Gasteiger partial charge on any atom is 0.250 e. The van der Waals surface area contributed by atoms with Crippen LogP contribution in [0, 0.1) is 5.82 Å². The second-order valence-corrected chi connectivity index (χ2v) is 3.82. The lowest BCUT2D eigenvalue weighted by Crippen LogP contribution is -2.41. The van der Waals surface area contributed by atoms with Crippen LogP contribution in [0.2, 0.25) is 0 Å². The van der Waals surface area contributed by atoms with Gasteiger partial charge < -0.3 is 10.6 Å². The molecule has 3 nitrogen and oxygen atoms in total. The van der Waals surface area contributed by atoms with E-state index in [4.69, 9.17) is 0 Å². The van der Waals surface area contributed by atoms with Gasteiger partial charge in [0, 0.05) is 0 Å². The van der Waals surface area contributed by atoms with Crippen LogP contribution in [0.1, 0.15) is 12.8 Å². The molecule has 1 amide bonds. The number of para-hydroxylation sites is 1. The minimum atomic E-state index is -0.519. The monoisotopic (exact) mass is 192 g/mol. The summed E-state index contributed by atoms with van der Waals surface area (Å²) in [6, 6.07) is 4.67. The van der Waals surface area contributed by atoms with Crippen molar-refractivity contribution in [2.24, 2.45) is 0 Å². The molecule has 1 heterocycles. The quantitative estimate of drug-likeness (QED) is 0.657. The highest BCUT2D eigenvalue weighted by Crippen LogP contribution is 2.45. The number of nitrogens with one attached hydrogen (secondary N) is 2. The lowest BCUT2D eigenvalue weighted by molar-refractivity contribution is -0.117. The Morgan fingerprint density at radius 2 is 2.14 bits per heavy atom. The first kappa shape index (κ1) is 7.79. The van der Waals surface area contributed by atoms with E-state index < -0.39 is 5.54 Å². The van der Waals surface area contributed by atoms with Crippen molar-refractivity contribution in [2.75, 3.05) is 10.6 Å². The van der Waals surface area contributed by atoms with Crippen molar-refractivity contribution in [3.05, 3.63) is 24.0 Å². The van der Waals surface area contributed by atoms with E-state index in [0.29, 0.717) is 11.4 Å². The molecule has 3 rings (SSSR count). The van der Waals surface area contributed by atoms with E-state index >= 15 is 0 Å². The molecule has 72 valence electrons. The Bertz CT molecular complexity index is 426. The molecule has 0 unspecified atom stereocenters. The summed E-state index contributed by atoms with van der Waals surface area (Å²) in [5.74, 6) is -0.357. The molecule has 2 aliphatic rings. The molecule has 1 spiro atoms. The van der Waals surface area contributed by atoms with Crippen LogP contribution in [-0.2, 0) is 4.79 Å². The van der Waals surface area contributed by atoms with Gasteiger partial charge in [0.25, 0.3) is 0 Å². The van der Waals surface area contributed by atoms with Gasteiger partial charge in [-0.2, -0.15) is 0 Å². The predicted molar refractivity (Wildman–Crippen MR) is 50.6 cm³/mol. The van der Waals surface area contributed by atoms with Gasteiger partial charge >= 0.3 is 0 Å². The molecule has 1 saturated carbocycles. The molecule has 0 saturated heterocycles. The topological polar surface area (TPSA) is 41.1 Å². The Labute approximate surface area is 80.3 Å². The van der Waals surface area contributed by atoms with Crippen molar-refractivity contribution in [3.8, 4) is 0 Å². The van der Waals surface area contributed by atoms with Crippen LogP contribution in [0.5, 0.6) is 0 Å². The van der Waals surface area contributed by atoms with Crippen LogP contribution in [0.4, 0.5) is 15.8 Å². The van der Waals surface area contributed by atoms with E-state index in [1.54, 1.807) is 12.1 Å². The Morgan fingerprint density at radius 1 is 1.36 bits per heavy atom. The molecule has 4 heteroatoms. The molecule has 0 atom stereocenters. The lowest BCUT2D eigenvalue weighted by Gasteiger charge is -2.26. The zero-order valence-corrected chi connectivity index (χ0v) is 7.43. The van der Waals surface area contributed by atoms with Crippen molar-refractivity contribution in [1.29, 1.82) is 0 Å². The number of anilines is 2. The van der Waals surface area contributed by atoms with E-state index in [9.17, 15) is 9.18 Å². The van der Waals surface area contributed by atoms with Gasteiger partial charge in [0.2, 0.25) is 5.91 Å². The summed E-state index contributed by atoms with van der Waals surface area (Å²) in [4.78, 5) is 11.6. The van der Waals surface area contributed by atoms with Crippen molar-refractivity contribution >= 4 is 17.3 Å². The summed E-state index contributed by atoms with van der Waals surface area (Å²) in [5.41, 5.74) is 0.437. The Kier molecular flexibility index (Phi) is 1.26. The Morgan fingerprint density at radius 3 is 2.86 bits per heavy atom. The fourth-order valence-electron chi connectivity index (χ4n) is 1.77. The van der Waals surface area contributed by atoms with Crippen molar-refractivity contribution in [3.63, 3.8) is 0 Å². The van der Waals surface area contributed by atoms with Crippen LogP contribution in [-0.4, -0.2) is 11.4 Å². The Balaban J connectivity index is 2.11. The van der Waals surface area contributed by atoms with Gasteiger partial charge in [-0.05, 0) is 25.0 Å². The summed E-state index contributed by atoms with van der Waals surface area (Å²) in [6.45, 7) is 0. The van der Waals surface area contributed by atoms with E-state index in [-0.39, 0.29) is 11.7 Å². The lowest BCUT2D eigenvalue weighted by atomic mass is 10.1. The molecule has 1 aromatic carbocycles. The molecule has 0 aromatic heterocycles. The predicted octanol–water partition coefficient (Wildman–Crippen LogP) is 1.72. The number of hydrogen-bond donors (Lipinski definition) is 2. The van der Waals surface area contributed by atoms with E-state index in [1.807, 2.05) is 0 Å². The normalized spacial score (nSPS) is 21.1. The van der Waals surface area contributed by atoms with Gasteiger partial charge in [0.05, 0.1) is 11.4 Å². The molecule has 0 bridgehead atoms. The summed E-state index contributed by atoms with van der Waals surface area (Å²) in [7, 11) is 0. The smallest absolute Gasteiger partial charge is 0.250 e. The van der Waals surface area contributed by atoms with E-state index in [0.717, 1.165) is 12.8 Å². The third kappa shape index (κ3) is 0.880. The maximum absolute atomic E-state index is 13.4. The second-order valence-electron chi connectivity index (χ2n) is 3.82. The number of carbonyl (C=O) groups excluding carboxylic acids is 1. The fraction of sp³-hybridized carbons (Fsp3) is 0.300. The summed E-state index contributed by atoms with van der Waals surface area (Å²) in [5, 5.41) is 5.69. The third-order valence-corrected chi connectivity index (χ3v) is 2.81. The highest BCUT2D eigenvalue weighted by molar-refractivity contribution is 6.08. The SMILES string of the molecule is O=C1Nc2cccc(F)c2NC12CC2. The molecule has 2 N–H and O–H groups in total. The highest BCUT2D eigenvalue weighted by atomic mass is 19.1. The highest BCUT2D eigenvalue weighted by Gasteiger charge is 2.52. The zero-order valence-electron chi connectivity index (χ0n) is 7.43. The number of halogens is 1. The average molecular weight is 192 g/mol. The number of benzene rings is 1. The number of carbonyl (C=O) groups is 1. The van der Waals surface area contributed by atoms with Crippen LogP contribution in [0.25, 0.3) is 0 Å². The van der Waals surface area contributed by atoms with Crippen molar-refractivity contribution in [1.82, 2.24) is 0 Å². The number of rotatable bonds is 0. The van der Waals surface area contributed by atoms with Gasteiger partial charge in [-0.25, -0.2) is 4.39 Å². The van der Waals surface area contributed by atoms with Gasteiger partial charge in [0.1, 0.15) is 11.4 Å². The first-order valence-electron chi connectivity index (χ1n) is 4.59. The molecule has 0 radical (unpaired) electrons. The standard InChI is InChI=1S/C10H9FN2O/c11-6-2-1-3-7-8(6)13-10(4-5-10)9(14)12-7/h1-3,13H,4-5H2,(H,12,14). The zero-order chi connectivity index (χ0) is 9.76. The van der Waals surface area contributed by atoms with Gasteiger partial charge in [-0.1, -0.05) is 6.07 Å². The van der Waals surface area contributed by atoms with Crippen LogP contribution in [0.3, 0.4) is 0 Å². The van der Waals surface area contributed by atoms with Gasteiger partial charge in [0.15, 0.2) is 0 Å².